The van der Waals surface area contributed by atoms with Crippen LogP contribution < -0.4 is 4.74 Å². The van der Waals surface area contributed by atoms with E-state index in [0.717, 1.165) is 22.2 Å². The van der Waals surface area contributed by atoms with Gasteiger partial charge in [-0.15, -0.1) is 0 Å². The lowest BCUT2D eigenvalue weighted by Crippen LogP contribution is -1.90. The number of hydrogen-bond donors (Lipinski definition) is 0. The third-order valence-electron chi connectivity index (χ3n) is 2.88. The van der Waals surface area contributed by atoms with Gasteiger partial charge in [0.2, 0.25) is 5.88 Å². The van der Waals surface area contributed by atoms with E-state index in [1.165, 1.54) is 0 Å². The summed E-state index contributed by atoms with van der Waals surface area (Å²) in [6.45, 7) is 0. The standard InChI is InChI=1S/C13H12N4O/c1-17-10-5-8-15-13(18-2)11(10)12(16-17)9-3-6-14-7-4-9/h3-8H,1-2H3. The second-order valence-electron chi connectivity index (χ2n) is 3.92. The quantitative estimate of drug-likeness (QED) is 0.687. The maximum Gasteiger partial charge on any atom is 0.224 e. The average Bonchev–Trinajstić information content (AvgIpc) is 2.77. The van der Waals surface area contributed by atoms with Crippen molar-refractivity contribution < 1.29 is 4.74 Å². The molecular weight excluding hydrogens is 228 g/mol. The second-order valence-corrected chi connectivity index (χ2v) is 3.92. The molecule has 5 nitrogen and oxygen atoms in total. The smallest absolute Gasteiger partial charge is 0.224 e. The summed E-state index contributed by atoms with van der Waals surface area (Å²) in [5, 5.41) is 5.46. The van der Waals surface area contributed by atoms with Crippen molar-refractivity contribution in [3.05, 3.63) is 36.8 Å². The van der Waals surface area contributed by atoms with Gasteiger partial charge in [0.15, 0.2) is 0 Å². The van der Waals surface area contributed by atoms with E-state index in [0.29, 0.717) is 5.88 Å². The molecule has 0 aromatic carbocycles. The van der Waals surface area contributed by atoms with Gasteiger partial charge in [0.25, 0.3) is 0 Å². The zero-order chi connectivity index (χ0) is 12.5. The molecule has 18 heavy (non-hydrogen) atoms. The number of ether oxygens (including phenoxy) is 1. The van der Waals surface area contributed by atoms with Crippen LogP contribution in [0.5, 0.6) is 5.88 Å². The van der Waals surface area contributed by atoms with Crippen molar-refractivity contribution in [1.29, 1.82) is 0 Å². The summed E-state index contributed by atoms with van der Waals surface area (Å²) in [6, 6.07) is 5.78. The third kappa shape index (κ3) is 1.52. The molecular formula is C13H12N4O. The van der Waals surface area contributed by atoms with Crippen molar-refractivity contribution in [1.82, 2.24) is 19.7 Å². The Labute approximate surface area is 104 Å². The highest BCUT2D eigenvalue weighted by atomic mass is 16.5. The van der Waals surface area contributed by atoms with E-state index in [1.54, 1.807) is 25.7 Å². The van der Waals surface area contributed by atoms with Gasteiger partial charge in [-0.05, 0) is 18.2 Å². The number of rotatable bonds is 2. The predicted octanol–water partition coefficient (Wildman–Crippen LogP) is 2.04. The van der Waals surface area contributed by atoms with Gasteiger partial charge >= 0.3 is 0 Å². The molecule has 90 valence electrons. The molecule has 5 heteroatoms. The van der Waals surface area contributed by atoms with Crippen LogP contribution in [0, 0.1) is 0 Å². The van der Waals surface area contributed by atoms with Crippen LogP contribution in [-0.2, 0) is 7.05 Å². The van der Waals surface area contributed by atoms with Gasteiger partial charge in [-0.3, -0.25) is 9.67 Å². The summed E-state index contributed by atoms with van der Waals surface area (Å²) in [5.41, 5.74) is 2.86. The predicted molar refractivity (Wildman–Crippen MR) is 68.3 cm³/mol. The lowest BCUT2D eigenvalue weighted by atomic mass is 10.1. The van der Waals surface area contributed by atoms with Crippen LogP contribution in [0.25, 0.3) is 22.2 Å². The number of aromatic nitrogens is 4. The van der Waals surface area contributed by atoms with E-state index >= 15 is 0 Å². The Morgan fingerprint density at radius 2 is 1.89 bits per heavy atom. The molecule has 0 aliphatic rings. The van der Waals surface area contributed by atoms with E-state index in [-0.39, 0.29) is 0 Å². The van der Waals surface area contributed by atoms with Gasteiger partial charge in [-0.1, -0.05) is 0 Å². The van der Waals surface area contributed by atoms with Gasteiger partial charge in [0.05, 0.1) is 18.0 Å². The minimum absolute atomic E-state index is 0.590. The number of hydrogen-bond acceptors (Lipinski definition) is 4. The van der Waals surface area contributed by atoms with Crippen LogP contribution in [0.15, 0.2) is 36.8 Å². The molecule has 0 amide bonds. The first-order valence-corrected chi connectivity index (χ1v) is 5.57. The second kappa shape index (κ2) is 4.10. The van der Waals surface area contributed by atoms with Crippen LogP contribution >= 0.6 is 0 Å². The van der Waals surface area contributed by atoms with E-state index in [4.69, 9.17) is 4.74 Å². The Morgan fingerprint density at radius 1 is 1.11 bits per heavy atom. The Balaban J connectivity index is 2.37. The molecule has 0 fully saturated rings. The van der Waals surface area contributed by atoms with Crippen molar-refractivity contribution in [3.8, 4) is 17.1 Å². The molecule has 3 rings (SSSR count). The number of pyridine rings is 2. The van der Waals surface area contributed by atoms with Gasteiger partial charge in [0, 0.05) is 31.2 Å². The molecule has 0 radical (unpaired) electrons. The highest BCUT2D eigenvalue weighted by Gasteiger charge is 2.15. The fourth-order valence-electron chi connectivity index (χ4n) is 2.05. The topological polar surface area (TPSA) is 52.8 Å². The van der Waals surface area contributed by atoms with Crippen molar-refractivity contribution in [2.24, 2.45) is 7.05 Å². The van der Waals surface area contributed by atoms with E-state index < -0.39 is 0 Å². The Kier molecular flexibility index (Phi) is 2.44. The maximum atomic E-state index is 5.32. The molecule has 0 saturated carbocycles. The highest BCUT2D eigenvalue weighted by molar-refractivity contribution is 5.96. The Hall–Kier alpha value is -2.43. The summed E-state index contributed by atoms with van der Waals surface area (Å²) in [5.74, 6) is 0.590. The average molecular weight is 240 g/mol. The normalized spacial score (nSPS) is 10.8. The summed E-state index contributed by atoms with van der Waals surface area (Å²) < 4.78 is 7.15. The van der Waals surface area contributed by atoms with Crippen LogP contribution in [0.3, 0.4) is 0 Å². The molecule has 0 aliphatic heterocycles. The largest absolute Gasteiger partial charge is 0.480 e. The molecule has 0 unspecified atom stereocenters. The highest BCUT2D eigenvalue weighted by Crippen LogP contribution is 2.32. The molecule has 3 heterocycles. The van der Waals surface area contributed by atoms with Crippen molar-refractivity contribution in [2.45, 2.75) is 0 Å². The van der Waals surface area contributed by atoms with Gasteiger partial charge in [0.1, 0.15) is 5.69 Å². The van der Waals surface area contributed by atoms with Gasteiger partial charge in [-0.2, -0.15) is 5.10 Å². The molecule has 0 bridgehead atoms. The molecule has 0 aliphatic carbocycles. The molecule has 0 atom stereocenters. The number of fused-ring (bicyclic) bond motifs is 1. The lowest BCUT2D eigenvalue weighted by Gasteiger charge is -2.02. The van der Waals surface area contributed by atoms with E-state index in [9.17, 15) is 0 Å². The first-order valence-electron chi connectivity index (χ1n) is 5.57. The van der Waals surface area contributed by atoms with Crippen molar-refractivity contribution >= 4 is 10.9 Å². The molecule has 0 spiro atoms. The molecule has 0 saturated heterocycles. The fourth-order valence-corrected chi connectivity index (χ4v) is 2.05. The summed E-state index contributed by atoms with van der Waals surface area (Å²) in [7, 11) is 3.53. The van der Waals surface area contributed by atoms with Crippen LogP contribution in [0.2, 0.25) is 0 Å². The minimum atomic E-state index is 0.590. The number of methoxy groups -OCH3 is 1. The molecule has 0 N–H and O–H groups in total. The Bertz CT molecular complexity index is 691. The molecule has 3 aromatic rings. The van der Waals surface area contributed by atoms with Crippen molar-refractivity contribution in [3.63, 3.8) is 0 Å². The SMILES string of the molecule is COc1nccc2c1c(-c1ccncc1)nn2C. The number of aryl methyl sites for hydroxylation is 1. The minimum Gasteiger partial charge on any atom is -0.480 e. The van der Waals surface area contributed by atoms with Crippen LogP contribution in [0.1, 0.15) is 0 Å². The monoisotopic (exact) mass is 240 g/mol. The summed E-state index contributed by atoms with van der Waals surface area (Å²) >= 11 is 0. The molecule has 3 aromatic heterocycles. The van der Waals surface area contributed by atoms with Gasteiger partial charge < -0.3 is 4.74 Å². The summed E-state index contributed by atoms with van der Waals surface area (Å²) in [4.78, 5) is 8.25. The van der Waals surface area contributed by atoms with E-state index in [1.807, 2.05) is 29.9 Å². The maximum absolute atomic E-state index is 5.32. The zero-order valence-electron chi connectivity index (χ0n) is 10.2. The third-order valence-corrected chi connectivity index (χ3v) is 2.88. The fraction of sp³-hybridized carbons (Fsp3) is 0.154. The lowest BCUT2D eigenvalue weighted by molar-refractivity contribution is 0.403. The summed E-state index contributed by atoms with van der Waals surface area (Å²) in [6.07, 6.45) is 5.22. The first-order chi connectivity index (χ1) is 8.81. The van der Waals surface area contributed by atoms with Gasteiger partial charge in [-0.25, -0.2) is 4.98 Å². The van der Waals surface area contributed by atoms with Crippen LogP contribution in [-0.4, -0.2) is 26.9 Å². The van der Waals surface area contributed by atoms with Crippen molar-refractivity contribution in [2.75, 3.05) is 7.11 Å². The number of nitrogens with zero attached hydrogens (tertiary/aromatic N) is 4. The van der Waals surface area contributed by atoms with Crippen LogP contribution in [0.4, 0.5) is 0 Å². The zero-order valence-corrected chi connectivity index (χ0v) is 10.2. The van der Waals surface area contributed by atoms with E-state index in [2.05, 4.69) is 15.1 Å². The first kappa shape index (κ1) is 10.7. The Morgan fingerprint density at radius 3 is 2.61 bits per heavy atom.